The first kappa shape index (κ1) is 9.28. The maximum absolute atomic E-state index is 9.28. The van der Waals surface area contributed by atoms with Crippen LogP contribution in [-0.2, 0) is 4.74 Å². The largest absolute Gasteiger partial charge is 0.493 e. The Morgan fingerprint density at radius 2 is 2.20 bits per heavy atom. The van der Waals surface area contributed by atoms with E-state index < -0.39 is 5.60 Å². The molecule has 0 aromatic heterocycles. The molecule has 0 aliphatic carbocycles. The highest BCUT2D eigenvalue weighted by Gasteiger charge is 2.14. The van der Waals surface area contributed by atoms with Gasteiger partial charge in [0.25, 0.3) is 0 Å². The second-order valence-corrected chi connectivity index (χ2v) is 2.79. The molecule has 2 nitrogen and oxygen atoms in total. The zero-order chi connectivity index (χ0) is 8.20. The molecule has 0 aromatic carbocycles. The maximum Gasteiger partial charge on any atom is 0.140 e. The van der Waals surface area contributed by atoms with Gasteiger partial charge in [-0.25, -0.2) is 0 Å². The Kier molecular flexibility index (Phi) is 3.20. The van der Waals surface area contributed by atoms with E-state index in [0.29, 0.717) is 12.2 Å². The monoisotopic (exact) mass is 142 g/mol. The molecule has 0 rings (SSSR count). The molecule has 1 N–H and O–H groups in total. The Balaban J connectivity index is 4.01. The summed E-state index contributed by atoms with van der Waals surface area (Å²) in [5.74, 6) is 0.590. The van der Waals surface area contributed by atoms with Crippen molar-refractivity contribution in [3.8, 4) is 0 Å². The summed E-state index contributed by atoms with van der Waals surface area (Å²) >= 11 is 0. The summed E-state index contributed by atoms with van der Waals surface area (Å²) in [7, 11) is 1.54. The van der Waals surface area contributed by atoms with Gasteiger partial charge >= 0.3 is 0 Å². The Morgan fingerprint density at radius 3 is 2.30 bits per heavy atom. The van der Waals surface area contributed by atoms with Gasteiger partial charge in [0.1, 0.15) is 5.76 Å². The molecule has 0 spiro atoms. The lowest BCUT2D eigenvalue weighted by Gasteiger charge is -2.16. The Hall–Kier alpha value is -0.720. The van der Waals surface area contributed by atoms with E-state index in [-0.39, 0.29) is 0 Å². The Bertz CT molecular complexity index is 147. The molecule has 0 saturated heterocycles. The summed E-state index contributed by atoms with van der Waals surface area (Å²) in [6.45, 7) is 6.84. The first-order valence-corrected chi connectivity index (χ1v) is 3.15. The van der Waals surface area contributed by atoms with Crippen LogP contribution in [-0.4, -0.2) is 17.8 Å². The van der Waals surface area contributed by atoms with Crippen LogP contribution >= 0.6 is 0 Å². The Labute approximate surface area is 61.8 Å². The third kappa shape index (κ3) is 4.19. The van der Waals surface area contributed by atoms with Gasteiger partial charge in [-0.2, -0.15) is 0 Å². The van der Waals surface area contributed by atoms with Gasteiger partial charge in [0.15, 0.2) is 0 Å². The molecular weight excluding hydrogens is 128 g/mol. The lowest BCUT2D eigenvalue weighted by atomic mass is 10.0. The molecule has 0 aliphatic rings. The topological polar surface area (TPSA) is 29.5 Å². The summed E-state index contributed by atoms with van der Waals surface area (Å²) in [5, 5.41) is 9.28. The molecule has 0 bridgehead atoms. The van der Waals surface area contributed by atoms with Crippen LogP contribution in [0.4, 0.5) is 0 Å². The predicted molar refractivity (Wildman–Crippen MR) is 40.6 cm³/mol. The predicted octanol–water partition coefficient (Wildman–Crippen LogP) is 1.46. The van der Waals surface area contributed by atoms with E-state index in [1.165, 1.54) is 0 Å². The zero-order valence-corrected chi connectivity index (χ0v) is 6.77. The summed E-state index contributed by atoms with van der Waals surface area (Å²) in [6.07, 6.45) is 0.451. The van der Waals surface area contributed by atoms with Gasteiger partial charge in [0.2, 0.25) is 0 Å². The van der Waals surface area contributed by atoms with Crippen molar-refractivity contribution in [1.82, 2.24) is 0 Å². The molecule has 0 heterocycles. The van der Waals surface area contributed by atoms with Gasteiger partial charge in [-0.05, 0) is 13.8 Å². The van der Waals surface area contributed by atoms with Crippen LogP contribution < -0.4 is 0 Å². The van der Waals surface area contributed by atoms with Crippen molar-refractivity contribution in [2.24, 2.45) is 0 Å². The minimum Gasteiger partial charge on any atom is -0.493 e. The van der Waals surface area contributed by atoms with Crippen LogP contribution in [0.1, 0.15) is 20.3 Å². The van der Waals surface area contributed by atoms with Gasteiger partial charge in [-0.1, -0.05) is 12.3 Å². The normalized spacial score (nSPS) is 10.4. The minimum absolute atomic E-state index is 0.451. The second-order valence-electron chi connectivity index (χ2n) is 2.79. The highest BCUT2D eigenvalue weighted by molar-refractivity contribution is 4.93. The number of aliphatic hydroxyl groups is 1. The molecule has 2 heteroatoms. The molecule has 0 aliphatic heterocycles. The molecule has 0 atom stereocenters. The first-order valence-electron chi connectivity index (χ1n) is 3.15. The standard InChI is InChI=1S/C8H14O2/c1-5-7(10-4)6-8(2,3)9/h9H,1,6H2,2-4H3. The Morgan fingerprint density at radius 1 is 1.70 bits per heavy atom. The van der Waals surface area contributed by atoms with Crippen LogP contribution in [0.5, 0.6) is 0 Å². The first-order chi connectivity index (χ1) is 4.49. The molecule has 0 amide bonds. The van der Waals surface area contributed by atoms with Crippen LogP contribution in [0, 0.1) is 0 Å². The van der Waals surface area contributed by atoms with E-state index in [0.717, 1.165) is 0 Å². The summed E-state index contributed by atoms with van der Waals surface area (Å²) in [4.78, 5) is 0. The van der Waals surface area contributed by atoms with Gasteiger partial charge in [-0.15, -0.1) is 0 Å². The van der Waals surface area contributed by atoms with Crippen molar-refractivity contribution in [2.45, 2.75) is 25.9 Å². The summed E-state index contributed by atoms with van der Waals surface area (Å²) in [5.41, 5.74) is 1.85. The second kappa shape index (κ2) is 3.45. The van der Waals surface area contributed by atoms with Crippen molar-refractivity contribution in [3.63, 3.8) is 0 Å². The van der Waals surface area contributed by atoms with Crippen molar-refractivity contribution in [1.29, 1.82) is 0 Å². The fraction of sp³-hybridized carbons (Fsp3) is 0.625. The number of methoxy groups -OCH3 is 1. The number of hydrogen-bond acceptors (Lipinski definition) is 2. The maximum atomic E-state index is 9.28. The average Bonchev–Trinajstić information content (AvgIpc) is 1.81. The average molecular weight is 142 g/mol. The van der Waals surface area contributed by atoms with E-state index in [1.54, 1.807) is 21.0 Å². The third-order valence-corrected chi connectivity index (χ3v) is 1.04. The molecule has 58 valence electrons. The van der Waals surface area contributed by atoms with Crippen LogP contribution in [0.25, 0.3) is 0 Å². The van der Waals surface area contributed by atoms with Crippen molar-refractivity contribution in [2.75, 3.05) is 7.11 Å². The van der Waals surface area contributed by atoms with Gasteiger partial charge < -0.3 is 9.84 Å². The van der Waals surface area contributed by atoms with Crippen LogP contribution in [0.2, 0.25) is 0 Å². The smallest absolute Gasteiger partial charge is 0.140 e. The van der Waals surface area contributed by atoms with Crippen LogP contribution in [0.15, 0.2) is 18.1 Å². The van der Waals surface area contributed by atoms with E-state index in [9.17, 15) is 5.11 Å². The molecular formula is C8H14O2. The molecule has 0 unspecified atom stereocenters. The van der Waals surface area contributed by atoms with Gasteiger partial charge in [-0.3, -0.25) is 0 Å². The van der Waals surface area contributed by atoms with Crippen LogP contribution in [0.3, 0.4) is 0 Å². The van der Waals surface area contributed by atoms with Gasteiger partial charge in [0, 0.05) is 6.42 Å². The van der Waals surface area contributed by atoms with E-state index >= 15 is 0 Å². The lowest BCUT2D eigenvalue weighted by Crippen LogP contribution is -2.19. The molecule has 0 saturated carbocycles. The molecule has 10 heavy (non-hydrogen) atoms. The number of ether oxygens (including phenoxy) is 1. The number of rotatable bonds is 3. The molecule has 0 aromatic rings. The lowest BCUT2D eigenvalue weighted by molar-refractivity contribution is 0.0644. The van der Waals surface area contributed by atoms with E-state index in [2.05, 4.69) is 12.3 Å². The fourth-order valence-corrected chi connectivity index (χ4v) is 0.600. The minimum atomic E-state index is -0.740. The van der Waals surface area contributed by atoms with Crippen molar-refractivity contribution in [3.05, 3.63) is 18.1 Å². The van der Waals surface area contributed by atoms with Gasteiger partial charge in [0.05, 0.1) is 12.7 Å². The highest BCUT2D eigenvalue weighted by atomic mass is 16.5. The quantitative estimate of drug-likeness (QED) is 0.477. The SMILES string of the molecule is C=C=C(CC(C)(C)O)OC. The molecule has 0 radical (unpaired) electrons. The molecule has 0 fully saturated rings. The third-order valence-electron chi connectivity index (χ3n) is 1.04. The van der Waals surface area contributed by atoms with E-state index in [1.807, 2.05) is 0 Å². The fourth-order valence-electron chi connectivity index (χ4n) is 0.600. The summed E-state index contributed by atoms with van der Waals surface area (Å²) < 4.78 is 4.86. The zero-order valence-electron chi connectivity index (χ0n) is 6.77. The van der Waals surface area contributed by atoms with Crippen molar-refractivity contribution >= 4 is 0 Å². The van der Waals surface area contributed by atoms with E-state index in [4.69, 9.17) is 4.74 Å². The number of hydrogen-bond donors (Lipinski definition) is 1. The van der Waals surface area contributed by atoms with Crippen molar-refractivity contribution < 1.29 is 9.84 Å². The summed E-state index contributed by atoms with van der Waals surface area (Å²) in [6, 6.07) is 0. The highest BCUT2D eigenvalue weighted by Crippen LogP contribution is 2.13.